The molecule has 2 aromatic rings. The summed E-state index contributed by atoms with van der Waals surface area (Å²) in [7, 11) is 0. The molecule has 0 aliphatic heterocycles. The average Bonchev–Trinajstić information content (AvgIpc) is 2.66. The number of hydrogen-bond acceptors (Lipinski definition) is 3. The Hall–Kier alpha value is -1.26. The van der Waals surface area contributed by atoms with Crippen LogP contribution in [-0.2, 0) is 13.0 Å². The van der Waals surface area contributed by atoms with Crippen LogP contribution in [0.15, 0.2) is 18.2 Å². The fraction of sp³-hybridized carbons (Fsp3) is 0.400. The Morgan fingerprint density at radius 1 is 1.26 bits per heavy atom. The predicted octanol–water partition coefficient (Wildman–Crippen LogP) is 3.54. The molecule has 0 saturated heterocycles. The lowest BCUT2D eigenvalue weighted by Crippen LogP contribution is -2.17. The minimum Gasteiger partial charge on any atom is -0.310 e. The first-order valence-corrected chi connectivity index (χ1v) is 7.26. The standard InChI is InChI=1S/C15H19FN2S/c1-10-8-14(16)5-4-13(10)6-7-17-9-15-18-11(2)12(3)19-15/h4-5,8,17H,6-7,9H2,1-3H3. The Balaban J connectivity index is 1.80. The van der Waals surface area contributed by atoms with E-state index in [9.17, 15) is 4.39 Å². The molecule has 2 rings (SSSR count). The molecule has 0 spiro atoms. The maximum Gasteiger partial charge on any atom is 0.123 e. The van der Waals surface area contributed by atoms with Crippen LogP contribution in [0, 0.1) is 26.6 Å². The van der Waals surface area contributed by atoms with E-state index >= 15 is 0 Å². The third-order valence-electron chi connectivity index (χ3n) is 3.22. The van der Waals surface area contributed by atoms with Gasteiger partial charge in [0.05, 0.1) is 5.69 Å². The summed E-state index contributed by atoms with van der Waals surface area (Å²) in [5.41, 5.74) is 3.33. The second-order valence-electron chi connectivity index (χ2n) is 4.75. The first kappa shape index (κ1) is 14.2. The summed E-state index contributed by atoms with van der Waals surface area (Å²) in [5, 5.41) is 4.52. The van der Waals surface area contributed by atoms with Crippen LogP contribution in [0.3, 0.4) is 0 Å². The molecule has 0 fully saturated rings. The molecule has 2 nitrogen and oxygen atoms in total. The van der Waals surface area contributed by atoms with E-state index in [0.29, 0.717) is 0 Å². The SMILES string of the molecule is Cc1cc(F)ccc1CCNCc1nc(C)c(C)s1. The lowest BCUT2D eigenvalue weighted by molar-refractivity contribution is 0.624. The third-order valence-corrected chi connectivity index (χ3v) is 4.30. The molecule has 0 atom stereocenters. The van der Waals surface area contributed by atoms with Gasteiger partial charge in [0, 0.05) is 11.4 Å². The Kier molecular flexibility index (Phi) is 4.66. The Labute approximate surface area is 117 Å². The van der Waals surface area contributed by atoms with Gasteiger partial charge < -0.3 is 5.32 Å². The van der Waals surface area contributed by atoms with Crippen molar-refractivity contribution < 1.29 is 4.39 Å². The molecule has 0 aliphatic carbocycles. The number of thiazole rings is 1. The molecular weight excluding hydrogens is 259 g/mol. The van der Waals surface area contributed by atoms with E-state index in [-0.39, 0.29) is 5.82 Å². The van der Waals surface area contributed by atoms with E-state index in [2.05, 4.69) is 17.2 Å². The van der Waals surface area contributed by atoms with Gasteiger partial charge in [-0.15, -0.1) is 11.3 Å². The van der Waals surface area contributed by atoms with Gasteiger partial charge >= 0.3 is 0 Å². The number of rotatable bonds is 5. The molecule has 0 radical (unpaired) electrons. The Morgan fingerprint density at radius 3 is 2.68 bits per heavy atom. The second-order valence-corrected chi connectivity index (χ2v) is 6.03. The van der Waals surface area contributed by atoms with Crippen LogP contribution in [-0.4, -0.2) is 11.5 Å². The van der Waals surface area contributed by atoms with E-state index in [4.69, 9.17) is 0 Å². The molecule has 1 aromatic carbocycles. The fourth-order valence-electron chi connectivity index (χ4n) is 1.97. The van der Waals surface area contributed by atoms with Crippen molar-refractivity contribution in [1.82, 2.24) is 10.3 Å². The third kappa shape index (κ3) is 3.85. The smallest absolute Gasteiger partial charge is 0.123 e. The zero-order valence-corrected chi connectivity index (χ0v) is 12.4. The van der Waals surface area contributed by atoms with Gasteiger partial charge in [0.2, 0.25) is 0 Å². The lowest BCUT2D eigenvalue weighted by Gasteiger charge is -2.06. The second kappa shape index (κ2) is 6.26. The number of nitrogens with one attached hydrogen (secondary N) is 1. The highest BCUT2D eigenvalue weighted by atomic mass is 32.1. The molecule has 102 valence electrons. The van der Waals surface area contributed by atoms with E-state index in [0.717, 1.165) is 35.8 Å². The molecule has 0 unspecified atom stereocenters. The molecule has 1 aromatic heterocycles. The van der Waals surface area contributed by atoms with Gasteiger partial charge in [-0.25, -0.2) is 9.37 Å². The number of halogens is 1. The molecule has 0 amide bonds. The number of nitrogens with zero attached hydrogens (tertiary/aromatic N) is 1. The van der Waals surface area contributed by atoms with Crippen LogP contribution in [0.25, 0.3) is 0 Å². The van der Waals surface area contributed by atoms with E-state index < -0.39 is 0 Å². The Morgan fingerprint density at radius 2 is 2.05 bits per heavy atom. The summed E-state index contributed by atoms with van der Waals surface area (Å²) < 4.78 is 13.0. The fourth-order valence-corrected chi connectivity index (χ4v) is 2.88. The molecule has 0 bridgehead atoms. The van der Waals surface area contributed by atoms with Crippen LogP contribution in [0.4, 0.5) is 4.39 Å². The minimum atomic E-state index is -0.164. The van der Waals surface area contributed by atoms with Crippen molar-refractivity contribution in [2.45, 2.75) is 33.7 Å². The molecule has 0 saturated carbocycles. The molecule has 4 heteroatoms. The minimum absolute atomic E-state index is 0.164. The zero-order chi connectivity index (χ0) is 13.8. The van der Waals surface area contributed by atoms with Crippen LogP contribution in [0.5, 0.6) is 0 Å². The summed E-state index contributed by atoms with van der Waals surface area (Å²) >= 11 is 1.74. The summed E-state index contributed by atoms with van der Waals surface area (Å²) in [6.45, 7) is 7.77. The van der Waals surface area contributed by atoms with Gasteiger partial charge in [-0.05, 0) is 57.0 Å². The maximum atomic E-state index is 13.0. The van der Waals surface area contributed by atoms with E-state index in [1.807, 2.05) is 19.9 Å². The molecule has 1 N–H and O–H groups in total. The van der Waals surface area contributed by atoms with Crippen molar-refractivity contribution in [3.05, 3.63) is 50.7 Å². The van der Waals surface area contributed by atoms with Gasteiger partial charge in [0.25, 0.3) is 0 Å². The predicted molar refractivity (Wildman–Crippen MR) is 78.1 cm³/mol. The highest BCUT2D eigenvalue weighted by Crippen LogP contribution is 2.16. The van der Waals surface area contributed by atoms with Crippen LogP contribution in [0.1, 0.15) is 26.7 Å². The maximum absolute atomic E-state index is 13.0. The van der Waals surface area contributed by atoms with E-state index in [1.54, 1.807) is 17.4 Å². The van der Waals surface area contributed by atoms with Crippen molar-refractivity contribution in [3.63, 3.8) is 0 Å². The first-order valence-electron chi connectivity index (χ1n) is 6.45. The van der Waals surface area contributed by atoms with Gasteiger partial charge in [-0.3, -0.25) is 0 Å². The number of aryl methyl sites for hydroxylation is 3. The highest BCUT2D eigenvalue weighted by molar-refractivity contribution is 7.11. The molecule has 1 heterocycles. The van der Waals surface area contributed by atoms with Gasteiger partial charge in [-0.1, -0.05) is 6.07 Å². The monoisotopic (exact) mass is 278 g/mol. The summed E-state index contributed by atoms with van der Waals surface area (Å²) in [6, 6.07) is 4.97. The highest BCUT2D eigenvalue weighted by Gasteiger charge is 2.03. The summed E-state index contributed by atoms with van der Waals surface area (Å²) in [6.07, 6.45) is 0.912. The number of benzene rings is 1. The quantitative estimate of drug-likeness (QED) is 0.846. The van der Waals surface area contributed by atoms with Crippen molar-refractivity contribution in [2.75, 3.05) is 6.54 Å². The van der Waals surface area contributed by atoms with Crippen LogP contribution in [0.2, 0.25) is 0 Å². The molecule has 0 aliphatic rings. The van der Waals surface area contributed by atoms with Crippen molar-refractivity contribution in [2.24, 2.45) is 0 Å². The van der Waals surface area contributed by atoms with Crippen LogP contribution >= 0.6 is 11.3 Å². The molecule has 19 heavy (non-hydrogen) atoms. The van der Waals surface area contributed by atoms with Gasteiger partial charge in [0.1, 0.15) is 10.8 Å². The zero-order valence-electron chi connectivity index (χ0n) is 11.6. The van der Waals surface area contributed by atoms with Gasteiger partial charge in [-0.2, -0.15) is 0 Å². The molecular formula is C15H19FN2S. The number of aromatic nitrogens is 1. The van der Waals surface area contributed by atoms with Crippen molar-refractivity contribution in [3.8, 4) is 0 Å². The Bertz CT molecular complexity index is 544. The normalized spacial score (nSPS) is 10.9. The van der Waals surface area contributed by atoms with Crippen molar-refractivity contribution in [1.29, 1.82) is 0 Å². The average molecular weight is 278 g/mol. The van der Waals surface area contributed by atoms with Crippen molar-refractivity contribution >= 4 is 11.3 Å². The first-order chi connectivity index (χ1) is 9.06. The van der Waals surface area contributed by atoms with Crippen LogP contribution < -0.4 is 5.32 Å². The van der Waals surface area contributed by atoms with Gasteiger partial charge in [0.15, 0.2) is 0 Å². The summed E-state index contributed by atoms with van der Waals surface area (Å²) in [4.78, 5) is 5.77. The largest absolute Gasteiger partial charge is 0.310 e. The topological polar surface area (TPSA) is 24.9 Å². The van der Waals surface area contributed by atoms with E-state index in [1.165, 1.54) is 16.5 Å². The lowest BCUT2D eigenvalue weighted by atomic mass is 10.1. The summed E-state index contributed by atoms with van der Waals surface area (Å²) in [5.74, 6) is -0.164. The number of hydrogen-bond donors (Lipinski definition) is 1.